The fraction of sp³-hybridized carbons (Fsp3) is 0.278. The van der Waals surface area contributed by atoms with Crippen molar-refractivity contribution in [2.45, 2.75) is 32.1 Å². The Morgan fingerprint density at radius 1 is 1.32 bits per heavy atom. The largest absolute Gasteiger partial charge is 0.356 e. The number of aromatic nitrogens is 2. The SMILES string of the molecule is Cc1nc(NC(=O)C2(c3cc(-c4ccccc4F)on3)CC2)sc1C. The molecule has 0 unspecified atom stereocenters. The lowest BCUT2D eigenvalue weighted by molar-refractivity contribution is -0.118. The number of hydrogen-bond donors (Lipinski definition) is 1. The molecule has 1 saturated carbocycles. The summed E-state index contributed by atoms with van der Waals surface area (Å²) in [6.45, 7) is 3.88. The van der Waals surface area contributed by atoms with Crippen LogP contribution in [0.5, 0.6) is 0 Å². The van der Waals surface area contributed by atoms with Gasteiger partial charge < -0.3 is 9.84 Å². The van der Waals surface area contributed by atoms with Gasteiger partial charge in [0.15, 0.2) is 10.9 Å². The number of benzene rings is 1. The highest BCUT2D eigenvalue weighted by molar-refractivity contribution is 7.15. The van der Waals surface area contributed by atoms with Crippen LogP contribution >= 0.6 is 11.3 Å². The topological polar surface area (TPSA) is 68.0 Å². The van der Waals surface area contributed by atoms with E-state index in [9.17, 15) is 9.18 Å². The summed E-state index contributed by atoms with van der Waals surface area (Å²) in [5, 5.41) is 7.50. The molecule has 0 spiro atoms. The van der Waals surface area contributed by atoms with Crippen molar-refractivity contribution in [1.82, 2.24) is 10.1 Å². The molecule has 0 atom stereocenters. The van der Waals surface area contributed by atoms with Gasteiger partial charge >= 0.3 is 0 Å². The zero-order valence-corrected chi connectivity index (χ0v) is 14.6. The number of hydrogen-bond acceptors (Lipinski definition) is 5. The van der Waals surface area contributed by atoms with Crippen molar-refractivity contribution in [3.63, 3.8) is 0 Å². The monoisotopic (exact) mass is 357 g/mol. The molecule has 1 aliphatic rings. The molecule has 128 valence electrons. The Morgan fingerprint density at radius 2 is 2.08 bits per heavy atom. The smallest absolute Gasteiger partial charge is 0.238 e. The molecule has 1 fully saturated rings. The Balaban J connectivity index is 1.59. The Hall–Kier alpha value is -2.54. The summed E-state index contributed by atoms with van der Waals surface area (Å²) in [6, 6.07) is 7.99. The third-order valence-corrected chi connectivity index (χ3v) is 5.56. The van der Waals surface area contributed by atoms with Crippen LogP contribution in [0, 0.1) is 19.7 Å². The highest BCUT2D eigenvalue weighted by Crippen LogP contribution is 2.49. The summed E-state index contributed by atoms with van der Waals surface area (Å²) in [7, 11) is 0. The predicted molar refractivity (Wildman–Crippen MR) is 93.0 cm³/mol. The fourth-order valence-corrected chi connectivity index (χ4v) is 3.57. The Kier molecular flexibility index (Phi) is 3.68. The highest BCUT2D eigenvalue weighted by atomic mass is 32.1. The molecule has 1 amide bonds. The summed E-state index contributed by atoms with van der Waals surface area (Å²) < 4.78 is 19.2. The van der Waals surface area contributed by atoms with E-state index in [4.69, 9.17) is 4.52 Å². The van der Waals surface area contributed by atoms with E-state index < -0.39 is 5.41 Å². The molecule has 3 aromatic rings. The molecule has 2 aromatic heterocycles. The van der Waals surface area contributed by atoms with Gasteiger partial charge in [-0.25, -0.2) is 9.37 Å². The fourth-order valence-electron chi connectivity index (χ4n) is 2.76. The minimum absolute atomic E-state index is 0.144. The van der Waals surface area contributed by atoms with Crippen molar-refractivity contribution in [2.24, 2.45) is 0 Å². The minimum atomic E-state index is -0.708. The molecule has 4 rings (SSSR count). The number of carbonyl (C=O) groups excluding carboxylic acids is 1. The first kappa shape index (κ1) is 16.0. The molecule has 25 heavy (non-hydrogen) atoms. The average molecular weight is 357 g/mol. The first-order valence-corrected chi connectivity index (χ1v) is 8.79. The normalized spacial score (nSPS) is 15.2. The number of halogens is 1. The lowest BCUT2D eigenvalue weighted by Crippen LogP contribution is -2.28. The van der Waals surface area contributed by atoms with Crippen LogP contribution in [-0.4, -0.2) is 16.0 Å². The van der Waals surface area contributed by atoms with Crippen LogP contribution in [0.4, 0.5) is 9.52 Å². The molecule has 1 aromatic carbocycles. The van der Waals surface area contributed by atoms with Gasteiger partial charge in [0, 0.05) is 10.9 Å². The zero-order valence-electron chi connectivity index (χ0n) is 13.8. The first-order valence-electron chi connectivity index (χ1n) is 7.97. The van der Waals surface area contributed by atoms with E-state index in [0.717, 1.165) is 10.6 Å². The van der Waals surface area contributed by atoms with E-state index in [1.54, 1.807) is 24.3 Å². The maximum atomic E-state index is 13.9. The third-order valence-electron chi connectivity index (χ3n) is 4.57. The lowest BCUT2D eigenvalue weighted by atomic mass is 10.0. The maximum Gasteiger partial charge on any atom is 0.238 e. The quantitative estimate of drug-likeness (QED) is 0.759. The van der Waals surface area contributed by atoms with E-state index in [2.05, 4.69) is 15.5 Å². The van der Waals surface area contributed by atoms with Crippen LogP contribution in [0.2, 0.25) is 0 Å². The third kappa shape index (κ3) is 2.74. The number of nitrogens with zero attached hydrogens (tertiary/aromatic N) is 2. The van der Waals surface area contributed by atoms with Crippen LogP contribution in [0.3, 0.4) is 0 Å². The lowest BCUT2D eigenvalue weighted by Gasteiger charge is -2.10. The second-order valence-electron chi connectivity index (χ2n) is 6.25. The second-order valence-corrected chi connectivity index (χ2v) is 7.46. The van der Waals surface area contributed by atoms with Crippen LogP contribution in [-0.2, 0) is 10.2 Å². The van der Waals surface area contributed by atoms with Gasteiger partial charge in [-0.15, -0.1) is 11.3 Å². The van der Waals surface area contributed by atoms with Gasteiger partial charge in [0.05, 0.1) is 22.4 Å². The second kappa shape index (κ2) is 5.77. The van der Waals surface area contributed by atoms with Crippen molar-refractivity contribution in [1.29, 1.82) is 0 Å². The number of rotatable bonds is 4. The van der Waals surface area contributed by atoms with Crippen LogP contribution in [0.15, 0.2) is 34.9 Å². The molecule has 0 saturated heterocycles. The number of carbonyl (C=O) groups is 1. The molecular weight excluding hydrogens is 341 g/mol. The number of aryl methyl sites for hydroxylation is 2. The van der Waals surface area contributed by atoms with Crippen LogP contribution < -0.4 is 5.32 Å². The van der Waals surface area contributed by atoms with Gasteiger partial charge in [0.25, 0.3) is 0 Å². The van der Waals surface area contributed by atoms with Gasteiger partial charge in [0.1, 0.15) is 5.82 Å². The van der Waals surface area contributed by atoms with Crippen molar-refractivity contribution in [3.8, 4) is 11.3 Å². The van der Waals surface area contributed by atoms with E-state index in [1.165, 1.54) is 17.4 Å². The summed E-state index contributed by atoms with van der Waals surface area (Å²) in [4.78, 5) is 18.1. The van der Waals surface area contributed by atoms with Crippen molar-refractivity contribution < 1.29 is 13.7 Å². The summed E-state index contributed by atoms with van der Waals surface area (Å²) in [5.74, 6) is -0.198. The molecule has 7 heteroatoms. The molecule has 1 N–H and O–H groups in total. The van der Waals surface area contributed by atoms with Crippen molar-refractivity contribution in [2.75, 3.05) is 5.32 Å². The van der Waals surface area contributed by atoms with Crippen molar-refractivity contribution in [3.05, 3.63) is 52.4 Å². The predicted octanol–water partition coefficient (Wildman–Crippen LogP) is 4.22. The number of thiazole rings is 1. The summed E-state index contributed by atoms with van der Waals surface area (Å²) in [6.07, 6.45) is 1.37. The molecule has 0 aliphatic heterocycles. The molecular formula is C18H16FN3O2S. The van der Waals surface area contributed by atoms with E-state index >= 15 is 0 Å². The summed E-state index contributed by atoms with van der Waals surface area (Å²) in [5.41, 5.74) is 1.07. The van der Waals surface area contributed by atoms with Gasteiger partial charge in [0.2, 0.25) is 5.91 Å². The number of amides is 1. The Morgan fingerprint density at radius 3 is 2.72 bits per heavy atom. The number of nitrogens with one attached hydrogen (secondary N) is 1. The van der Waals surface area contributed by atoms with Gasteiger partial charge in [-0.05, 0) is 38.8 Å². The average Bonchev–Trinajstić information content (AvgIpc) is 3.15. The molecule has 5 nitrogen and oxygen atoms in total. The standard InChI is InChI=1S/C18H16FN3O2S/c1-10-11(2)25-17(20-10)21-16(23)18(7-8-18)15-9-14(24-22-15)12-5-3-4-6-13(12)19/h3-6,9H,7-8H2,1-2H3,(H,20,21,23). The van der Waals surface area contributed by atoms with Gasteiger partial charge in [-0.2, -0.15) is 0 Å². The van der Waals surface area contributed by atoms with Crippen molar-refractivity contribution >= 4 is 22.4 Å². The van der Waals surface area contributed by atoms with Gasteiger partial charge in [-0.1, -0.05) is 17.3 Å². The summed E-state index contributed by atoms with van der Waals surface area (Å²) >= 11 is 1.45. The Bertz CT molecular complexity index is 939. The molecule has 1 aliphatic carbocycles. The van der Waals surface area contributed by atoms with E-state index in [0.29, 0.717) is 35.0 Å². The van der Waals surface area contributed by atoms with E-state index in [1.807, 2.05) is 13.8 Å². The zero-order chi connectivity index (χ0) is 17.6. The maximum absolute atomic E-state index is 13.9. The van der Waals surface area contributed by atoms with E-state index in [-0.39, 0.29) is 11.7 Å². The first-order chi connectivity index (χ1) is 12.0. The minimum Gasteiger partial charge on any atom is -0.356 e. The van der Waals surface area contributed by atoms with Crippen LogP contribution in [0.1, 0.15) is 29.1 Å². The molecule has 0 radical (unpaired) electrons. The van der Waals surface area contributed by atoms with Gasteiger partial charge in [-0.3, -0.25) is 4.79 Å². The molecule has 0 bridgehead atoms. The number of anilines is 1. The molecule has 2 heterocycles. The highest BCUT2D eigenvalue weighted by Gasteiger charge is 2.54. The van der Waals surface area contributed by atoms with Crippen LogP contribution in [0.25, 0.3) is 11.3 Å². The Labute approximate surface area is 147 Å².